The molecule has 0 amide bonds. The van der Waals surface area contributed by atoms with E-state index in [2.05, 4.69) is 46.8 Å². The Kier molecular flexibility index (Phi) is 7.19. The van der Waals surface area contributed by atoms with Crippen LogP contribution < -0.4 is 5.32 Å². The van der Waals surface area contributed by atoms with Crippen LogP contribution in [0.5, 0.6) is 0 Å². The molecule has 2 aromatic rings. The van der Waals surface area contributed by atoms with Crippen molar-refractivity contribution in [1.82, 2.24) is 24.8 Å². The summed E-state index contributed by atoms with van der Waals surface area (Å²) in [5, 5.41) is 3.34. The number of pyridine rings is 1. The smallest absolute Gasteiger partial charge is 0.193 e. The molecular weight excluding hydrogens is 312 g/mol. The van der Waals surface area contributed by atoms with Crippen molar-refractivity contribution in [3.05, 3.63) is 54.8 Å². The van der Waals surface area contributed by atoms with Gasteiger partial charge in [0.15, 0.2) is 5.96 Å². The van der Waals surface area contributed by atoms with Crippen LogP contribution in [0.4, 0.5) is 0 Å². The number of aromatic nitrogens is 3. The first kappa shape index (κ1) is 18.7. The number of nitrogens with zero attached hydrogens (tertiary/aromatic N) is 5. The largest absolute Gasteiger partial charge is 0.357 e. The fourth-order valence-electron chi connectivity index (χ4n) is 2.49. The van der Waals surface area contributed by atoms with Crippen LogP contribution in [-0.2, 0) is 6.54 Å². The van der Waals surface area contributed by atoms with Crippen molar-refractivity contribution >= 4 is 5.96 Å². The predicted molar refractivity (Wildman–Crippen MR) is 103 cm³/mol. The van der Waals surface area contributed by atoms with Crippen molar-refractivity contribution in [3.8, 4) is 5.82 Å². The summed E-state index contributed by atoms with van der Waals surface area (Å²) < 4.78 is 1.96. The van der Waals surface area contributed by atoms with Gasteiger partial charge in [0.05, 0.1) is 6.54 Å². The minimum absolute atomic E-state index is 0.602. The molecular formula is C19H28N6. The summed E-state index contributed by atoms with van der Waals surface area (Å²) in [6.45, 7) is 10.2. The highest BCUT2D eigenvalue weighted by Crippen LogP contribution is 2.09. The molecule has 2 heterocycles. The molecule has 0 fully saturated rings. The summed E-state index contributed by atoms with van der Waals surface area (Å²) in [7, 11) is 2.06. The number of hydrogen-bond donors (Lipinski definition) is 1. The third kappa shape index (κ3) is 5.45. The second-order valence-electron chi connectivity index (χ2n) is 5.89. The molecule has 0 bridgehead atoms. The minimum atomic E-state index is 0.602. The van der Waals surface area contributed by atoms with Crippen molar-refractivity contribution < 1.29 is 0 Å². The van der Waals surface area contributed by atoms with Gasteiger partial charge in [0, 0.05) is 38.7 Å². The average molecular weight is 340 g/mol. The van der Waals surface area contributed by atoms with Crippen molar-refractivity contribution in [1.29, 1.82) is 0 Å². The topological polar surface area (TPSA) is 58.3 Å². The highest BCUT2D eigenvalue weighted by molar-refractivity contribution is 5.79. The first-order valence-electron chi connectivity index (χ1n) is 8.71. The van der Waals surface area contributed by atoms with E-state index in [1.807, 2.05) is 36.0 Å². The zero-order valence-corrected chi connectivity index (χ0v) is 15.4. The van der Waals surface area contributed by atoms with Gasteiger partial charge in [-0.2, -0.15) is 0 Å². The lowest BCUT2D eigenvalue weighted by atomic mass is 10.3. The standard InChI is InChI=1S/C19H28N6/c1-5-7-8-12-24(4)19(20-6-2)23-15-17-9-10-18(22-14-17)25-13-11-21-16(25)3/h5,9-11,13-14H,1,6-8,12,15H2,2-4H3,(H,20,23). The summed E-state index contributed by atoms with van der Waals surface area (Å²) in [4.78, 5) is 15.6. The molecule has 0 saturated heterocycles. The molecule has 0 saturated carbocycles. The maximum atomic E-state index is 4.72. The monoisotopic (exact) mass is 340 g/mol. The molecule has 0 spiro atoms. The van der Waals surface area contributed by atoms with Crippen molar-refractivity contribution in [2.24, 2.45) is 4.99 Å². The number of aliphatic imine (C=N–C) groups is 1. The minimum Gasteiger partial charge on any atom is -0.357 e. The maximum absolute atomic E-state index is 4.72. The van der Waals surface area contributed by atoms with E-state index in [0.29, 0.717) is 6.54 Å². The molecule has 6 heteroatoms. The number of hydrogen-bond acceptors (Lipinski definition) is 3. The summed E-state index contributed by atoms with van der Waals surface area (Å²) in [5.74, 6) is 2.71. The number of imidazole rings is 1. The van der Waals surface area contributed by atoms with Crippen molar-refractivity contribution in [2.45, 2.75) is 33.2 Å². The van der Waals surface area contributed by atoms with Gasteiger partial charge >= 0.3 is 0 Å². The van der Waals surface area contributed by atoms with Crippen LogP contribution in [0.15, 0.2) is 48.4 Å². The number of rotatable bonds is 8. The van der Waals surface area contributed by atoms with Gasteiger partial charge in [-0.3, -0.25) is 4.57 Å². The molecule has 25 heavy (non-hydrogen) atoms. The van der Waals surface area contributed by atoms with Crippen LogP contribution in [0.25, 0.3) is 5.82 Å². The summed E-state index contributed by atoms with van der Waals surface area (Å²) in [6.07, 6.45) is 9.61. The van der Waals surface area contributed by atoms with Gasteiger partial charge in [-0.15, -0.1) is 6.58 Å². The molecule has 0 atom stereocenters. The van der Waals surface area contributed by atoms with E-state index in [4.69, 9.17) is 4.99 Å². The Morgan fingerprint density at radius 1 is 1.40 bits per heavy atom. The van der Waals surface area contributed by atoms with Crippen LogP contribution in [0.3, 0.4) is 0 Å². The Balaban J connectivity index is 2.01. The van der Waals surface area contributed by atoms with Crippen molar-refractivity contribution in [2.75, 3.05) is 20.1 Å². The van der Waals surface area contributed by atoms with E-state index in [1.54, 1.807) is 6.20 Å². The van der Waals surface area contributed by atoms with E-state index in [-0.39, 0.29) is 0 Å². The Hall–Kier alpha value is -2.63. The van der Waals surface area contributed by atoms with Crippen LogP contribution >= 0.6 is 0 Å². The fraction of sp³-hybridized carbons (Fsp3) is 0.421. The fourth-order valence-corrected chi connectivity index (χ4v) is 2.49. The van der Waals surface area contributed by atoms with Crippen LogP contribution in [0.2, 0.25) is 0 Å². The molecule has 1 N–H and O–H groups in total. The summed E-state index contributed by atoms with van der Waals surface area (Å²) >= 11 is 0. The van der Waals surface area contributed by atoms with E-state index >= 15 is 0 Å². The molecule has 134 valence electrons. The van der Waals surface area contributed by atoms with Crippen molar-refractivity contribution in [3.63, 3.8) is 0 Å². The van der Waals surface area contributed by atoms with E-state index in [0.717, 1.165) is 49.1 Å². The number of allylic oxidation sites excluding steroid dienone is 1. The first-order valence-corrected chi connectivity index (χ1v) is 8.71. The van der Waals surface area contributed by atoms with E-state index < -0.39 is 0 Å². The molecule has 0 aliphatic heterocycles. The number of nitrogens with one attached hydrogen (secondary N) is 1. The molecule has 0 unspecified atom stereocenters. The average Bonchev–Trinajstić information content (AvgIpc) is 3.05. The molecule has 6 nitrogen and oxygen atoms in total. The highest BCUT2D eigenvalue weighted by atomic mass is 15.3. The second kappa shape index (κ2) is 9.61. The Bertz CT molecular complexity index is 686. The number of guanidine groups is 1. The number of unbranched alkanes of at least 4 members (excludes halogenated alkanes) is 1. The Morgan fingerprint density at radius 2 is 2.24 bits per heavy atom. The third-order valence-corrected chi connectivity index (χ3v) is 3.89. The van der Waals surface area contributed by atoms with Gasteiger partial charge in [0.2, 0.25) is 0 Å². The molecule has 0 radical (unpaired) electrons. The lowest BCUT2D eigenvalue weighted by Crippen LogP contribution is -2.39. The molecule has 0 aromatic carbocycles. The van der Waals surface area contributed by atoms with Crippen LogP contribution in [0.1, 0.15) is 31.2 Å². The molecule has 2 aromatic heterocycles. The third-order valence-electron chi connectivity index (χ3n) is 3.89. The van der Waals surface area contributed by atoms with Gasteiger partial charge < -0.3 is 10.2 Å². The molecule has 0 aliphatic rings. The molecule has 0 aliphatic carbocycles. The summed E-state index contributed by atoms with van der Waals surface area (Å²) in [6, 6.07) is 4.06. The maximum Gasteiger partial charge on any atom is 0.193 e. The Morgan fingerprint density at radius 3 is 2.84 bits per heavy atom. The lowest BCUT2D eigenvalue weighted by Gasteiger charge is -2.21. The predicted octanol–water partition coefficient (Wildman–Crippen LogP) is 2.94. The number of aryl methyl sites for hydroxylation is 1. The van der Waals surface area contributed by atoms with Gasteiger partial charge in [-0.25, -0.2) is 15.0 Å². The van der Waals surface area contributed by atoms with Crippen LogP contribution in [-0.4, -0.2) is 45.5 Å². The SMILES string of the molecule is C=CCCCN(C)C(=NCc1ccc(-n2ccnc2C)nc1)NCC. The normalized spacial score (nSPS) is 11.4. The zero-order chi connectivity index (χ0) is 18.1. The Labute approximate surface area is 150 Å². The highest BCUT2D eigenvalue weighted by Gasteiger charge is 2.05. The van der Waals surface area contributed by atoms with Crippen LogP contribution in [0, 0.1) is 6.92 Å². The molecule has 2 rings (SSSR count). The van der Waals surface area contributed by atoms with E-state index in [1.165, 1.54) is 0 Å². The summed E-state index contributed by atoms with van der Waals surface area (Å²) in [5.41, 5.74) is 1.08. The van der Waals surface area contributed by atoms with Gasteiger partial charge in [0.25, 0.3) is 0 Å². The zero-order valence-electron chi connectivity index (χ0n) is 15.4. The first-order chi connectivity index (χ1) is 12.2. The van der Waals surface area contributed by atoms with Gasteiger partial charge in [0.1, 0.15) is 11.6 Å². The second-order valence-corrected chi connectivity index (χ2v) is 5.89. The van der Waals surface area contributed by atoms with Gasteiger partial charge in [-0.05, 0) is 38.3 Å². The quantitative estimate of drug-likeness (QED) is 0.347. The lowest BCUT2D eigenvalue weighted by molar-refractivity contribution is 0.470. The van der Waals surface area contributed by atoms with E-state index in [9.17, 15) is 0 Å². The van der Waals surface area contributed by atoms with Gasteiger partial charge in [-0.1, -0.05) is 12.1 Å².